The molecule has 0 aliphatic rings. The van der Waals surface area contributed by atoms with E-state index in [4.69, 9.17) is 0 Å². The maximum absolute atomic E-state index is 12.3. The number of benzene rings is 1. The Morgan fingerprint density at radius 3 is 3.05 bits per heavy atom. The van der Waals surface area contributed by atoms with Gasteiger partial charge in [-0.15, -0.1) is 11.3 Å². The van der Waals surface area contributed by atoms with E-state index in [9.17, 15) is 4.79 Å². The number of carbonyl (C=O) groups excluding carboxylic acids is 1. The molecule has 0 aliphatic carbocycles. The Labute approximate surface area is 123 Å². The van der Waals surface area contributed by atoms with Gasteiger partial charge in [-0.05, 0) is 24.6 Å². The highest BCUT2D eigenvalue weighted by Gasteiger charge is 2.13. The smallest absolute Gasteiger partial charge is 0.193 e. The van der Waals surface area contributed by atoms with Crippen molar-refractivity contribution in [1.29, 1.82) is 0 Å². The zero-order chi connectivity index (χ0) is 13.4. The Morgan fingerprint density at radius 2 is 2.32 bits per heavy atom. The van der Waals surface area contributed by atoms with Crippen molar-refractivity contribution >= 4 is 38.0 Å². The summed E-state index contributed by atoms with van der Waals surface area (Å²) in [6.45, 7) is 2.00. The Morgan fingerprint density at radius 1 is 1.47 bits per heavy atom. The lowest BCUT2D eigenvalue weighted by Gasteiger charge is -2.03. The van der Waals surface area contributed by atoms with Crippen molar-refractivity contribution in [2.75, 3.05) is 0 Å². The van der Waals surface area contributed by atoms with E-state index in [1.54, 1.807) is 11.3 Å². The Balaban J connectivity index is 1.86. The minimum Gasteiger partial charge on any atom is -0.297 e. The molecular formula is C14H11BrN2OS. The molecule has 0 radical (unpaired) electrons. The monoisotopic (exact) mass is 334 g/mol. The second-order valence-electron chi connectivity index (χ2n) is 4.41. The molecule has 0 saturated heterocycles. The lowest BCUT2D eigenvalue weighted by molar-refractivity contribution is 0.0991. The van der Waals surface area contributed by atoms with Gasteiger partial charge in [-0.3, -0.25) is 9.20 Å². The van der Waals surface area contributed by atoms with Gasteiger partial charge in [-0.2, -0.15) is 0 Å². The van der Waals surface area contributed by atoms with Gasteiger partial charge in [0.1, 0.15) is 0 Å². The van der Waals surface area contributed by atoms with Crippen molar-refractivity contribution in [3.05, 3.63) is 57.3 Å². The first-order valence-electron chi connectivity index (χ1n) is 5.84. The number of aryl methyl sites for hydroxylation is 1. The molecule has 0 spiro atoms. The number of carbonyl (C=O) groups is 1. The highest BCUT2D eigenvalue weighted by atomic mass is 79.9. The molecule has 3 aromatic rings. The third kappa shape index (κ3) is 2.48. The molecule has 19 heavy (non-hydrogen) atoms. The van der Waals surface area contributed by atoms with Gasteiger partial charge in [0.05, 0.1) is 12.1 Å². The van der Waals surface area contributed by atoms with Crippen LogP contribution >= 0.6 is 27.3 Å². The third-order valence-electron chi connectivity index (χ3n) is 2.91. The van der Waals surface area contributed by atoms with Crippen molar-refractivity contribution in [2.24, 2.45) is 0 Å². The van der Waals surface area contributed by atoms with Gasteiger partial charge < -0.3 is 0 Å². The van der Waals surface area contributed by atoms with Crippen LogP contribution in [0.3, 0.4) is 0 Å². The molecule has 0 fully saturated rings. The summed E-state index contributed by atoms with van der Waals surface area (Å²) in [5.41, 5.74) is 2.65. The summed E-state index contributed by atoms with van der Waals surface area (Å²) in [4.78, 5) is 17.6. The number of thiazole rings is 1. The maximum Gasteiger partial charge on any atom is 0.193 e. The summed E-state index contributed by atoms with van der Waals surface area (Å²) in [5.74, 6) is 0.0811. The number of hydrogen-bond donors (Lipinski definition) is 0. The summed E-state index contributed by atoms with van der Waals surface area (Å²) in [6.07, 6.45) is 4.19. The van der Waals surface area contributed by atoms with Gasteiger partial charge >= 0.3 is 0 Å². The predicted octanol–water partition coefficient (Wildman–Crippen LogP) is 3.89. The average molecular weight is 335 g/mol. The SMILES string of the molecule is Cc1ccc(C(=O)Cc2cn3ccsc3n2)c(Br)c1. The van der Waals surface area contributed by atoms with Gasteiger partial charge in [0, 0.05) is 27.8 Å². The minimum absolute atomic E-state index is 0.0811. The Hall–Kier alpha value is -1.46. The molecule has 0 atom stereocenters. The fourth-order valence-corrected chi connectivity index (χ4v) is 3.40. The van der Waals surface area contributed by atoms with Crippen LogP contribution in [0.15, 0.2) is 40.4 Å². The lowest BCUT2D eigenvalue weighted by Crippen LogP contribution is -2.05. The van der Waals surface area contributed by atoms with E-state index in [-0.39, 0.29) is 5.78 Å². The van der Waals surface area contributed by atoms with Crippen LogP contribution in [0.25, 0.3) is 4.96 Å². The molecule has 2 aromatic heterocycles. The average Bonchev–Trinajstić information content (AvgIpc) is 2.89. The van der Waals surface area contributed by atoms with Crippen LogP contribution in [0.2, 0.25) is 0 Å². The first-order chi connectivity index (χ1) is 9.13. The van der Waals surface area contributed by atoms with Crippen LogP contribution in [0, 0.1) is 6.92 Å². The number of rotatable bonds is 3. The molecule has 0 aliphatic heterocycles. The van der Waals surface area contributed by atoms with E-state index in [0.29, 0.717) is 12.0 Å². The molecule has 0 N–H and O–H groups in total. The minimum atomic E-state index is 0.0811. The molecule has 0 unspecified atom stereocenters. The van der Waals surface area contributed by atoms with E-state index < -0.39 is 0 Å². The molecular weight excluding hydrogens is 324 g/mol. The second-order valence-corrected chi connectivity index (χ2v) is 6.14. The fraction of sp³-hybridized carbons (Fsp3) is 0.143. The molecule has 3 rings (SSSR count). The van der Waals surface area contributed by atoms with Crippen molar-refractivity contribution in [2.45, 2.75) is 13.3 Å². The Bertz CT molecular complexity index is 731. The van der Waals surface area contributed by atoms with Gasteiger partial charge in [-0.25, -0.2) is 4.98 Å². The molecule has 5 heteroatoms. The summed E-state index contributed by atoms with van der Waals surface area (Å²) in [5, 5.41) is 1.98. The van der Waals surface area contributed by atoms with E-state index in [1.165, 1.54) is 0 Å². The fourth-order valence-electron chi connectivity index (χ4n) is 1.97. The van der Waals surface area contributed by atoms with Gasteiger partial charge in [0.2, 0.25) is 0 Å². The van der Waals surface area contributed by atoms with Gasteiger partial charge in [0.15, 0.2) is 10.7 Å². The number of ketones is 1. The highest BCUT2D eigenvalue weighted by Crippen LogP contribution is 2.20. The molecule has 3 nitrogen and oxygen atoms in total. The number of hydrogen-bond acceptors (Lipinski definition) is 3. The maximum atomic E-state index is 12.3. The zero-order valence-corrected chi connectivity index (χ0v) is 12.7. The standard InChI is InChI=1S/C14H11BrN2OS/c1-9-2-3-11(12(15)6-9)13(18)7-10-8-17-4-5-19-14(17)16-10/h2-6,8H,7H2,1H3. The quantitative estimate of drug-likeness (QED) is 0.681. The Kier molecular flexibility index (Phi) is 3.24. The van der Waals surface area contributed by atoms with E-state index in [0.717, 1.165) is 20.7 Å². The summed E-state index contributed by atoms with van der Waals surface area (Å²) in [7, 11) is 0. The second kappa shape index (κ2) is 4.90. The van der Waals surface area contributed by atoms with Crippen LogP contribution in [0.5, 0.6) is 0 Å². The van der Waals surface area contributed by atoms with Crippen LogP contribution in [-0.4, -0.2) is 15.2 Å². The third-order valence-corrected chi connectivity index (χ3v) is 4.34. The van der Waals surface area contributed by atoms with Crippen molar-refractivity contribution in [1.82, 2.24) is 9.38 Å². The number of fused-ring (bicyclic) bond motifs is 1. The first-order valence-corrected chi connectivity index (χ1v) is 7.51. The zero-order valence-electron chi connectivity index (χ0n) is 10.3. The number of imidazole rings is 1. The van der Waals surface area contributed by atoms with Gasteiger partial charge in [0.25, 0.3) is 0 Å². The van der Waals surface area contributed by atoms with E-state index >= 15 is 0 Å². The summed E-state index contributed by atoms with van der Waals surface area (Å²) >= 11 is 5.01. The van der Waals surface area contributed by atoms with E-state index in [2.05, 4.69) is 20.9 Å². The summed E-state index contributed by atoms with van der Waals surface area (Å²) < 4.78 is 2.79. The molecule has 0 amide bonds. The summed E-state index contributed by atoms with van der Waals surface area (Å²) in [6, 6.07) is 5.77. The molecule has 2 heterocycles. The number of halogens is 1. The molecule has 0 saturated carbocycles. The molecule has 1 aromatic carbocycles. The highest BCUT2D eigenvalue weighted by molar-refractivity contribution is 9.10. The van der Waals surface area contributed by atoms with E-state index in [1.807, 2.05) is 47.3 Å². The van der Waals surface area contributed by atoms with Crippen molar-refractivity contribution in [3.8, 4) is 0 Å². The number of nitrogens with zero attached hydrogens (tertiary/aromatic N) is 2. The van der Waals surface area contributed by atoms with Crippen LogP contribution in [-0.2, 0) is 6.42 Å². The number of aromatic nitrogens is 2. The largest absolute Gasteiger partial charge is 0.297 e. The first kappa shape index (κ1) is 12.6. The van der Waals surface area contributed by atoms with Crippen molar-refractivity contribution < 1.29 is 4.79 Å². The normalized spacial score (nSPS) is 11.1. The predicted molar refractivity (Wildman–Crippen MR) is 80.0 cm³/mol. The van der Waals surface area contributed by atoms with Crippen LogP contribution < -0.4 is 0 Å². The van der Waals surface area contributed by atoms with Crippen LogP contribution in [0.4, 0.5) is 0 Å². The lowest BCUT2D eigenvalue weighted by atomic mass is 10.1. The number of Topliss-reactive ketones (excluding diaryl/α,β-unsaturated/α-hetero) is 1. The van der Waals surface area contributed by atoms with Crippen molar-refractivity contribution in [3.63, 3.8) is 0 Å². The topological polar surface area (TPSA) is 34.4 Å². The van der Waals surface area contributed by atoms with Crippen LogP contribution in [0.1, 0.15) is 21.6 Å². The molecule has 0 bridgehead atoms. The molecule has 96 valence electrons. The van der Waals surface area contributed by atoms with Gasteiger partial charge in [-0.1, -0.05) is 22.0 Å².